The van der Waals surface area contributed by atoms with Gasteiger partial charge < -0.3 is 19.7 Å². The van der Waals surface area contributed by atoms with Crippen molar-refractivity contribution in [3.8, 4) is 0 Å². The van der Waals surface area contributed by atoms with Crippen LogP contribution in [0.4, 0.5) is 27.6 Å². The van der Waals surface area contributed by atoms with Gasteiger partial charge in [-0.1, -0.05) is 0 Å². The molecule has 212 valence electrons. The highest BCUT2D eigenvalue weighted by atomic mass is 19.4. The third-order valence-electron chi connectivity index (χ3n) is 7.16. The average molecular weight is 556 g/mol. The van der Waals surface area contributed by atoms with Crippen LogP contribution in [0.3, 0.4) is 0 Å². The van der Waals surface area contributed by atoms with Crippen molar-refractivity contribution in [1.82, 2.24) is 10.2 Å². The van der Waals surface area contributed by atoms with E-state index in [-0.39, 0.29) is 29.8 Å². The summed E-state index contributed by atoms with van der Waals surface area (Å²) in [5, 5.41) is 2.54. The van der Waals surface area contributed by atoms with Gasteiger partial charge in [0.2, 0.25) is 5.91 Å². The second-order valence-corrected chi connectivity index (χ2v) is 9.81. The van der Waals surface area contributed by atoms with E-state index in [1.807, 2.05) is 6.92 Å². The summed E-state index contributed by atoms with van der Waals surface area (Å²) in [6.45, 7) is 4.12. The van der Waals surface area contributed by atoms with Crippen LogP contribution in [0.1, 0.15) is 41.3 Å². The van der Waals surface area contributed by atoms with E-state index in [1.54, 1.807) is 6.07 Å². The monoisotopic (exact) mass is 555 g/mol. The van der Waals surface area contributed by atoms with E-state index in [0.717, 1.165) is 17.8 Å². The third kappa shape index (κ3) is 6.85. The predicted molar refractivity (Wildman–Crippen MR) is 132 cm³/mol. The van der Waals surface area contributed by atoms with Crippen LogP contribution in [-0.2, 0) is 27.0 Å². The molecule has 0 aromatic heterocycles. The number of carbonyl (C=O) groups excluding carboxylic acids is 2. The van der Waals surface area contributed by atoms with E-state index in [0.29, 0.717) is 45.1 Å². The van der Waals surface area contributed by atoms with E-state index in [4.69, 9.17) is 4.74 Å². The maximum absolute atomic E-state index is 14.0. The van der Waals surface area contributed by atoms with Crippen molar-refractivity contribution >= 4 is 17.6 Å². The first kappa shape index (κ1) is 28.8. The molecule has 2 saturated heterocycles. The fourth-order valence-corrected chi connectivity index (χ4v) is 5.11. The zero-order valence-corrected chi connectivity index (χ0v) is 21.6. The fraction of sp³-hybridized carbons (Fsp3) is 0.481. The van der Waals surface area contributed by atoms with Crippen molar-refractivity contribution in [1.29, 1.82) is 0 Å². The lowest BCUT2D eigenvalue weighted by molar-refractivity contribution is -0.138. The highest BCUT2D eigenvalue weighted by Gasteiger charge is 2.34. The molecule has 2 fully saturated rings. The van der Waals surface area contributed by atoms with Gasteiger partial charge in [0.25, 0.3) is 0 Å². The maximum Gasteiger partial charge on any atom is 0.416 e. The molecule has 0 spiro atoms. The lowest BCUT2D eigenvalue weighted by atomic mass is 10.0. The van der Waals surface area contributed by atoms with E-state index in [1.165, 1.54) is 19.2 Å². The molecule has 2 aliphatic heterocycles. The average Bonchev–Trinajstić information content (AvgIpc) is 2.91. The predicted octanol–water partition coefficient (Wildman–Crippen LogP) is 4.14. The first-order valence-electron chi connectivity index (χ1n) is 12.6. The molecule has 2 aliphatic rings. The highest BCUT2D eigenvalue weighted by Crippen LogP contribution is 2.31. The number of carbonyl (C=O) groups is 2. The molecule has 39 heavy (non-hydrogen) atoms. The Labute approximate surface area is 222 Å². The number of amides is 1. The van der Waals surface area contributed by atoms with E-state index in [9.17, 15) is 31.5 Å². The minimum Gasteiger partial charge on any atom is -0.465 e. The minimum absolute atomic E-state index is 0.0103. The Kier molecular flexibility index (Phi) is 8.75. The molecule has 0 bridgehead atoms. The topological polar surface area (TPSA) is 71.1 Å². The number of esters is 1. The van der Waals surface area contributed by atoms with Gasteiger partial charge in [-0.2, -0.15) is 13.2 Å². The van der Waals surface area contributed by atoms with Crippen LogP contribution in [-0.4, -0.2) is 68.3 Å². The molecule has 3 atom stereocenters. The number of hydrogen-bond acceptors (Lipinski definition) is 6. The Morgan fingerprint density at radius 1 is 1.10 bits per heavy atom. The van der Waals surface area contributed by atoms with E-state index in [2.05, 4.69) is 19.9 Å². The van der Waals surface area contributed by atoms with Gasteiger partial charge >= 0.3 is 12.1 Å². The highest BCUT2D eigenvalue weighted by molar-refractivity contribution is 5.90. The van der Waals surface area contributed by atoms with Crippen molar-refractivity contribution in [2.24, 2.45) is 0 Å². The normalized spacial score (nSPS) is 22.4. The molecule has 0 saturated carbocycles. The number of alkyl halides is 3. The lowest BCUT2D eigenvalue weighted by Gasteiger charge is -2.45. The molecule has 1 amide bonds. The van der Waals surface area contributed by atoms with Crippen molar-refractivity contribution in [3.05, 3.63) is 64.7 Å². The Bertz CT molecular complexity index is 1200. The number of nitrogens with zero attached hydrogens (tertiary/aromatic N) is 2. The molecular formula is C27H30F5N3O4. The summed E-state index contributed by atoms with van der Waals surface area (Å²) in [6, 6.07) is 6.70. The second kappa shape index (κ2) is 11.9. The first-order valence-corrected chi connectivity index (χ1v) is 12.6. The number of halogens is 5. The molecular weight excluding hydrogens is 525 g/mol. The molecule has 4 rings (SSSR count). The number of rotatable bonds is 6. The van der Waals surface area contributed by atoms with Crippen LogP contribution < -0.4 is 10.2 Å². The molecule has 2 aromatic carbocycles. The molecule has 12 heteroatoms. The molecule has 1 N–H and O–H groups in total. The zero-order valence-electron chi connectivity index (χ0n) is 21.6. The van der Waals surface area contributed by atoms with Gasteiger partial charge in [0.05, 0.1) is 24.8 Å². The van der Waals surface area contributed by atoms with Gasteiger partial charge in [0.1, 0.15) is 17.7 Å². The molecule has 2 aromatic rings. The minimum atomic E-state index is -4.68. The van der Waals surface area contributed by atoms with Crippen LogP contribution in [0.25, 0.3) is 0 Å². The van der Waals surface area contributed by atoms with Crippen molar-refractivity contribution in [3.63, 3.8) is 0 Å². The zero-order chi connectivity index (χ0) is 28.3. The molecule has 0 aliphatic carbocycles. The smallest absolute Gasteiger partial charge is 0.416 e. The standard InChI is InChI=1S/C27H30F5N3O4/c1-16-14-34(7-8-35(16)20-3-5-23(29)22(12-20)26(37)38-2)21-4-6-24(39-15-21)25(36)33-13-17-9-18(27(30,31)32)11-19(28)10-17/h3,5,9-12,16,21,24H,4,6-8,13-15H2,1-2H3,(H,33,36). The van der Waals surface area contributed by atoms with Crippen LogP contribution in [0.15, 0.2) is 36.4 Å². The summed E-state index contributed by atoms with van der Waals surface area (Å²) < 4.78 is 76.9. The number of ether oxygens (including phenoxy) is 2. The number of hydrogen-bond donors (Lipinski definition) is 1. The Hall–Kier alpha value is -3.25. The van der Waals surface area contributed by atoms with E-state index < -0.39 is 41.4 Å². The maximum atomic E-state index is 14.0. The Morgan fingerprint density at radius 2 is 1.87 bits per heavy atom. The fourth-order valence-electron chi connectivity index (χ4n) is 5.11. The summed E-state index contributed by atoms with van der Waals surface area (Å²) in [6.07, 6.45) is -4.31. The van der Waals surface area contributed by atoms with Crippen molar-refractivity contribution in [2.45, 2.75) is 50.7 Å². The molecule has 3 unspecified atom stereocenters. The second-order valence-electron chi connectivity index (χ2n) is 9.81. The first-order chi connectivity index (χ1) is 18.5. The van der Waals surface area contributed by atoms with Crippen LogP contribution in [0.5, 0.6) is 0 Å². The number of anilines is 1. The van der Waals surface area contributed by atoms with Gasteiger partial charge in [-0.05, 0) is 61.7 Å². The summed E-state index contributed by atoms with van der Waals surface area (Å²) in [5.41, 5.74) is -0.494. The quantitative estimate of drug-likeness (QED) is 0.427. The molecule has 7 nitrogen and oxygen atoms in total. The number of methoxy groups -OCH3 is 1. The Balaban J connectivity index is 1.27. The van der Waals surface area contributed by atoms with Gasteiger partial charge in [0.15, 0.2) is 0 Å². The van der Waals surface area contributed by atoms with Crippen molar-refractivity contribution in [2.75, 3.05) is 38.3 Å². The summed E-state index contributed by atoms with van der Waals surface area (Å²) >= 11 is 0. The number of benzene rings is 2. The molecule has 2 heterocycles. The van der Waals surface area contributed by atoms with Gasteiger partial charge in [0, 0.05) is 44.0 Å². The largest absolute Gasteiger partial charge is 0.465 e. The lowest BCUT2D eigenvalue weighted by Crippen LogP contribution is -2.57. The van der Waals surface area contributed by atoms with Crippen LogP contribution in [0.2, 0.25) is 0 Å². The summed E-state index contributed by atoms with van der Waals surface area (Å²) in [5.74, 6) is -2.86. The Morgan fingerprint density at radius 3 is 2.51 bits per heavy atom. The van der Waals surface area contributed by atoms with Gasteiger partial charge in [-0.3, -0.25) is 9.69 Å². The summed E-state index contributed by atoms with van der Waals surface area (Å²) in [7, 11) is 1.20. The summed E-state index contributed by atoms with van der Waals surface area (Å²) in [4.78, 5) is 28.8. The number of piperazine rings is 1. The van der Waals surface area contributed by atoms with Crippen LogP contribution in [0, 0.1) is 11.6 Å². The van der Waals surface area contributed by atoms with Crippen molar-refractivity contribution < 1.29 is 41.0 Å². The van der Waals surface area contributed by atoms with E-state index >= 15 is 0 Å². The third-order valence-corrected chi connectivity index (χ3v) is 7.16. The van der Waals surface area contributed by atoms with Crippen LogP contribution >= 0.6 is 0 Å². The van der Waals surface area contributed by atoms with Gasteiger partial charge in [-0.25, -0.2) is 13.6 Å². The number of nitrogens with one attached hydrogen (secondary N) is 1. The SMILES string of the molecule is COC(=O)c1cc(N2CCN(C3CCC(C(=O)NCc4cc(F)cc(C(F)(F)F)c4)OC3)CC2C)ccc1F. The molecule has 0 radical (unpaired) electrons. The van der Waals surface area contributed by atoms with Gasteiger partial charge in [-0.15, -0.1) is 0 Å².